The van der Waals surface area contributed by atoms with Crippen molar-refractivity contribution in [3.8, 4) is 0 Å². The van der Waals surface area contributed by atoms with Crippen molar-refractivity contribution in [3.63, 3.8) is 0 Å². The first-order valence-corrected chi connectivity index (χ1v) is 6.48. The Labute approximate surface area is 117 Å². The van der Waals surface area contributed by atoms with Crippen LogP contribution in [0.2, 0.25) is 5.02 Å². The molecule has 0 unspecified atom stereocenters. The Morgan fingerprint density at radius 3 is 2.63 bits per heavy atom. The van der Waals surface area contributed by atoms with E-state index in [1.54, 1.807) is 6.07 Å². The van der Waals surface area contributed by atoms with Gasteiger partial charge in [0.25, 0.3) is 0 Å². The number of halogens is 2. The van der Waals surface area contributed by atoms with E-state index < -0.39 is 0 Å². The van der Waals surface area contributed by atoms with Crippen LogP contribution in [-0.2, 0) is 6.42 Å². The second-order valence-electron chi connectivity index (χ2n) is 4.29. The number of hydrogen-bond donors (Lipinski definition) is 0. The van der Waals surface area contributed by atoms with Gasteiger partial charge in [0.1, 0.15) is 5.82 Å². The molecular formula is C16H13ClFO. The first-order chi connectivity index (χ1) is 9.16. The van der Waals surface area contributed by atoms with Crippen molar-refractivity contribution in [1.29, 1.82) is 0 Å². The van der Waals surface area contributed by atoms with Gasteiger partial charge in [-0.15, -0.1) is 0 Å². The van der Waals surface area contributed by atoms with Crippen LogP contribution in [0.5, 0.6) is 0 Å². The maximum atomic E-state index is 12.7. The van der Waals surface area contributed by atoms with E-state index in [0.717, 1.165) is 12.0 Å². The number of ketones is 1. The molecule has 0 heterocycles. The molecule has 2 aromatic carbocycles. The molecule has 0 saturated carbocycles. The lowest BCUT2D eigenvalue weighted by molar-refractivity contribution is 0.0980. The zero-order valence-electron chi connectivity index (χ0n) is 10.3. The smallest absolute Gasteiger partial charge is 0.162 e. The molecule has 0 spiro atoms. The number of rotatable bonds is 5. The van der Waals surface area contributed by atoms with Gasteiger partial charge in [0.05, 0.1) is 5.02 Å². The first-order valence-electron chi connectivity index (χ1n) is 6.10. The van der Waals surface area contributed by atoms with E-state index in [-0.39, 0.29) is 11.6 Å². The minimum absolute atomic E-state index is 0.0241. The third-order valence-electron chi connectivity index (χ3n) is 2.90. The van der Waals surface area contributed by atoms with Gasteiger partial charge in [-0.25, -0.2) is 4.39 Å². The van der Waals surface area contributed by atoms with Gasteiger partial charge >= 0.3 is 0 Å². The monoisotopic (exact) mass is 275 g/mol. The van der Waals surface area contributed by atoms with Gasteiger partial charge in [-0.05, 0) is 42.7 Å². The largest absolute Gasteiger partial charge is 0.294 e. The average molecular weight is 276 g/mol. The standard InChI is InChI=1S/C16H13ClFO/c17-15-6-2-1-4-12(15)5-3-7-16(19)13-8-10-14(18)11-9-13/h1-2,4,8-11H,3,5,7H2. The molecule has 0 N–H and O–H groups in total. The van der Waals surface area contributed by atoms with Crippen molar-refractivity contribution in [3.05, 3.63) is 70.5 Å². The third-order valence-corrected chi connectivity index (χ3v) is 3.25. The minimum atomic E-state index is -0.330. The zero-order chi connectivity index (χ0) is 13.7. The molecular weight excluding hydrogens is 263 g/mol. The highest BCUT2D eigenvalue weighted by molar-refractivity contribution is 6.31. The third kappa shape index (κ3) is 3.90. The number of aryl methyl sites for hydroxylation is 1. The van der Waals surface area contributed by atoms with E-state index in [4.69, 9.17) is 11.6 Å². The molecule has 3 heteroatoms. The lowest BCUT2D eigenvalue weighted by Gasteiger charge is -2.03. The highest BCUT2D eigenvalue weighted by Gasteiger charge is 2.06. The van der Waals surface area contributed by atoms with Crippen LogP contribution in [0.15, 0.2) is 42.5 Å². The molecule has 0 aromatic heterocycles. The Hall–Kier alpha value is -1.67. The van der Waals surface area contributed by atoms with Crippen molar-refractivity contribution >= 4 is 17.4 Å². The van der Waals surface area contributed by atoms with Crippen LogP contribution in [0.25, 0.3) is 0 Å². The van der Waals surface area contributed by atoms with E-state index in [2.05, 4.69) is 6.07 Å². The summed E-state index contributed by atoms with van der Waals surface area (Å²) in [4.78, 5) is 11.9. The average Bonchev–Trinajstić information content (AvgIpc) is 2.41. The van der Waals surface area contributed by atoms with Crippen LogP contribution in [0.1, 0.15) is 28.8 Å². The highest BCUT2D eigenvalue weighted by Crippen LogP contribution is 2.17. The molecule has 0 aliphatic rings. The Bertz CT molecular complexity index is 563. The normalized spacial score (nSPS) is 10.4. The molecule has 0 amide bonds. The lowest BCUT2D eigenvalue weighted by Crippen LogP contribution is -2.00. The summed E-state index contributed by atoms with van der Waals surface area (Å²) in [5.74, 6) is -0.306. The van der Waals surface area contributed by atoms with Crippen LogP contribution in [0.3, 0.4) is 0 Å². The number of Topliss-reactive ketones (excluding diaryl/α,β-unsaturated/α-hetero) is 1. The Balaban J connectivity index is 1.88. The number of carbonyl (C=O) groups is 1. The Kier molecular flexibility index (Phi) is 4.69. The van der Waals surface area contributed by atoms with E-state index in [0.29, 0.717) is 23.4 Å². The fourth-order valence-electron chi connectivity index (χ4n) is 1.86. The lowest BCUT2D eigenvalue weighted by atomic mass is 10.0. The van der Waals surface area contributed by atoms with Crippen LogP contribution in [-0.4, -0.2) is 5.78 Å². The summed E-state index contributed by atoms with van der Waals surface area (Å²) in [5, 5.41) is 0.608. The molecule has 19 heavy (non-hydrogen) atoms. The maximum absolute atomic E-state index is 12.7. The summed E-state index contributed by atoms with van der Waals surface area (Å²) < 4.78 is 12.7. The molecule has 0 atom stereocenters. The molecule has 0 bridgehead atoms. The predicted molar refractivity (Wildman–Crippen MR) is 74.0 cm³/mol. The fraction of sp³-hybridized carbons (Fsp3) is 0.188. The molecule has 1 radical (unpaired) electrons. The van der Waals surface area contributed by atoms with E-state index in [9.17, 15) is 9.18 Å². The van der Waals surface area contributed by atoms with E-state index in [1.807, 2.05) is 12.1 Å². The van der Waals surface area contributed by atoms with Gasteiger partial charge in [-0.2, -0.15) is 0 Å². The van der Waals surface area contributed by atoms with Crippen LogP contribution in [0.4, 0.5) is 4.39 Å². The summed E-state index contributed by atoms with van der Waals surface area (Å²) in [6.45, 7) is 0. The highest BCUT2D eigenvalue weighted by atomic mass is 35.5. The summed E-state index contributed by atoms with van der Waals surface area (Å²) in [6, 6.07) is 14.1. The molecule has 2 aromatic rings. The molecule has 0 aliphatic carbocycles. The number of benzene rings is 2. The van der Waals surface area contributed by atoms with Crippen LogP contribution < -0.4 is 0 Å². The zero-order valence-corrected chi connectivity index (χ0v) is 11.1. The topological polar surface area (TPSA) is 17.1 Å². The van der Waals surface area contributed by atoms with Gasteiger partial charge in [0.15, 0.2) is 5.78 Å². The molecule has 1 nitrogen and oxygen atoms in total. The SMILES string of the molecule is O=C(CCCc1ccc[c]c1Cl)c1ccc(F)cc1. The van der Waals surface area contributed by atoms with Gasteiger partial charge in [0, 0.05) is 18.1 Å². The Morgan fingerprint density at radius 2 is 1.95 bits per heavy atom. The second kappa shape index (κ2) is 6.48. The van der Waals surface area contributed by atoms with Crippen molar-refractivity contribution in [2.75, 3.05) is 0 Å². The van der Waals surface area contributed by atoms with Gasteiger partial charge in [-0.1, -0.05) is 29.8 Å². The predicted octanol–water partition coefficient (Wildman–Crippen LogP) is 4.48. The summed E-state index contributed by atoms with van der Waals surface area (Å²) in [5.41, 5.74) is 1.54. The van der Waals surface area contributed by atoms with Gasteiger partial charge < -0.3 is 0 Å². The van der Waals surface area contributed by atoms with Crippen LogP contribution in [0, 0.1) is 11.9 Å². The minimum Gasteiger partial charge on any atom is -0.294 e. The van der Waals surface area contributed by atoms with Gasteiger partial charge in [-0.3, -0.25) is 4.79 Å². The van der Waals surface area contributed by atoms with Crippen molar-refractivity contribution < 1.29 is 9.18 Å². The molecule has 0 saturated heterocycles. The molecule has 2 rings (SSSR count). The van der Waals surface area contributed by atoms with Gasteiger partial charge in [0.2, 0.25) is 0 Å². The van der Waals surface area contributed by atoms with E-state index >= 15 is 0 Å². The van der Waals surface area contributed by atoms with E-state index in [1.165, 1.54) is 24.3 Å². The summed E-state index contributed by atoms with van der Waals surface area (Å²) >= 11 is 5.99. The molecule has 97 valence electrons. The number of hydrogen-bond acceptors (Lipinski definition) is 1. The summed E-state index contributed by atoms with van der Waals surface area (Å²) in [7, 11) is 0. The fourth-order valence-corrected chi connectivity index (χ4v) is 2.08. The molecule has 0 fully saturated rings. The molecule has 0 aliphatic heterocycles. The maximum Gasteiger partial charge on any atom is 0.162 e. The van der Waals surface area contributed by atoms with Crippen molar-refractivity contribution in [2.45, 2.75) is 19.3 Å². The first kappa shape index (κ1) is 13.8. The van der Waals surface area contributed by atoms with Crippen molar-refractivity contribution in [1.82, 2.24) is 0 Å². The second-order valence-corrected chi connectivity index (χ2v) is 4.67. The van der Waals surface area contributed by atoms with Crippen LogP contribution >= 0.6 is 11.6 Å². The Morgan fingerprint density at radius 1 is 1.21 bits per heavy atom. The quantitative estimate of drug-likeness (QED) is 0.735. The number of carbonyl (C=O) groups excluding carboxylic acids is 1. The van der Waals surface area contributed by atoms with Crippen molar-refractivity contribution in [2.24, 2.45) is 0 Å². The summed E-state index contributed by atoms with van der Waals surface area (Å²) in [6.07, 6.45) is 1.88.